The van der Waals surface area contributed by atoms with E-state index in [0.29, 0.717) is 17.7 Å². The zero-order valence-electron chi connectivity index (χ0n) is 18.7. The van der Waals surface area contributed by atoms with E-state index in [-0.39, 0.29) is 5.56 Å². The number of ether oxygens (including phenoxy) is 1. The third kappa shape index (κ3) is 5.60. The van der Waals surface area contributed by atoms with Gasteiger partial charge >= 0.3 is 12.3 Å². The lowest BCUT2D eigenvalue weighted by molar-refractivity contribution is -0.274. The monoisotopic (exact) mass is 515 g/mol. The molecule has 192 valence electrons. The largest absolute Gasteiger partial charge is 0.573 e. The van der Waals surface area contributed by atoms with Gasteiger partial charge in [0.1, 0.15) is 23.1 Å². The number of rotatable bonds is 9. The molecule has 0 aliphatic heterocycles. The van der Waals surface area contributed by atoms with Gasteiger partial charge in [-0.05, 0) is 35.9 Å². The van der Waals surface area contributed by atoms with Crippen molar-refractivity contribution in [1.29, 1.82) is 0 Å². The van der Waals surface area contributed by atoms with Crippen molar-refractivity contribution in [2.75, 3.05) is 13.6 Å². The Labute approximate surface area is 201 Å². The minimum absolute atomic E-state index is 0.271. The predicted octanol–water partition coefficient (Wildman–Crippen LogP) is 5.48. The summed E-state index contributed by atoms with van der Waals surface area (Å²) in [5.41, 5.74) is -1.91. The molecular formula is C24H20F7N3O2. The molecule has 0 bridgehead atoms. The Hall–Kier alpha value is -3.64. The third-order valence-corrected chi connectivity index (χ3v) is 5.31. The van der Waals surface area contributed by atoms with Crippen molar-refractivity contribution in [2.45, 2.75) is 17.9 Å². The molecule has 0 aliphatic carbocycles. The average Bonchev–Trinajstić information content (AvgIpc) is 2.82. The number of nitrogens with zero attached hydrogens (tertiary/aromatic N) is 2. The Kier molecular flexibility index (Phi) is 7.60. The van der Waals surface area contributed by atoms with Crippen LogP contribution in [0.3, 0.4) is 0 Å². The fourth-order valence-electron chi connectivity index (χ4n) is 3.47. The van der Waals surface area contributed by atoms with E-state index in [9.17, 15) is 27.1 Å². The number of hydrogen-bond acceptors (Lipinski definition) is 5. The molecule has 0 saturated heterocycles. The number of benzene rings is 2. The molecule has 36 heavy (non-hydrogen) atoms. The van der Waals surface area contributed by atoms with Crippen molar-refractivity contribution in [3.8, 4) is 16.9 Å². The maximum absolute atomic E-state index is 15.8. The van der Waals surface area contributed by atoms with Crippen LogP contribution in [0, 0.1) is 11.6 Å². The Morgan fingerprint density at radius 3 is 2.14 bits per heavy atom. The summed E-state index contributed by atoms with van der Waals surface area (Å²) >= 11 is 0. The number of hydrazine groups is 1. The first-order valence-electron chi connectivity index (χ1n) is 10.3. The van der Waals surface area contributed by atoms with E-state index < -0.39 is 53.1 Å². The van der Waals surface area contributed by atoms with Crippen LogP contribution in [-0.4, -0.2) is 35.1 Å². The molecular weight excluding hydrogens is 495 g/mol. The zero-order valence-corrected chi connectivity index (χ0v) is 18.7. The lowest BCUT2D eigenvalue weighted by Crippen LogP contribution is -2.53. The Morgan fingerprint density at radius 2 is 1.64 bits per heavy atom. The molecule has 0 spiro atoms. The summed E-state index contributed by atoms with van der Waals surface area (Å²) in [7, 11) is 1.36. The van der Waals surface area contributed by atoms with E-state index in [4.69, 9.17) is 0 Å². The normalized spacial score (nSPS) is 13.7. The maximum atomic E-state index is 15.8. The summed E-state index contributed by atoms with van der Waals surface area (Å²) in [6.07, 6.45) is -2.76. The van der Waals surface area contributed by atoms with Gasteiger partial charge in [-0.3, -0.25) is 4.98 Å². The molecule has 1 atom stereocenters. The van der Waals surface area contributed by atoms with Crippen LogP contribution in [0.1, 0.15) is 11.3 Å². The summed E-state index contributed by atoms with van der Waals surface area (Å²) in [5, 5.41) is 12.2. The Morgan fingerprint density at radius 1 is 1.00 bits per heavy atom. The van der Waals surface area contributed by atoms with Gasteiger partial charge in [-0.1, -0.05) is 24.8 Å². The molecule has 1 heterocycles. The lowest BCUT2D eigenvalue weighted by atomic mass is 9.84. The second kappa shape index (κ2) is 10.2. The van der Waals surface area contributed by atoms with Crippen LogP contribution in [0.4, 0.5) is 30.7 Å². The number of hydrogen-bond donors (Lipinski definition) is 2. The number of aromatic nitrogens is 1. The summed E-state index contributed by atoms with van der Waals surface area (Å²) in [4.78, 5) is 3.72. The van der Waals surface area contributed by atoms with Crippen LogP contribution < -0.4 is 10.2 Å². The fourth-order valence-corrected chi connectivity index (χ4v) is 3.47. The predicted molar refractivity (Wildman–Crippen MR) is 116 cm³/mol. The van der Waals surface area contributed by atoms with Crippen molar-refractivity contribution in [3.63, 3.8) is 0 Å². The molecule has 3 rings (SSSR count). The van der Waals surface area contributed by atoms with E-state index in [1.54, 1.807) is 0 Å². The van der Waals surface area contributed by atoms with Gasteiger partial charge in [0.15, 0.2) is 5.60 Å². The average molecular weight is 515 g/mol. The van der Waals surface area contributed by atoms with E-state index >= 15 is 8.78 Å². The standard InChI is InChI=1S/C24H20F7N3O2/c1-3-34(32-2)14-22(35,19-10-7-17(25)12-20(19)26)23(27,28)21-11-6-16(13-33-21)15-4-8-18(9-5-15)36-24(29,30)31/h3-13,32,35H,1,14H2,2H3/t22-/m0/s1. The fraction of sp³-hybridized carbons (Fsp3) is 0.208. The van der Waals surface area contributed by atoms with Crippen LogP contribution >= 0.6 is 0 Å². The number of pyridine rings is 1. The van der Waals surface area contributed by atoms with Crippen LogP contribution in [-0.2, 0) is 11.5 Å². The molecule has 2 N–H and O–H groups in total. The highest BCUT2D eigenvalue weighted by molar-refractivity contribution is 5.63. The molecule has 0 fully saturated rings. The van der Waals surface area contributed by atoms with Crippen molar-refractivity contribution in [3.05, 3.63) is 96.5 Å². The molecule has 5 nitrogen and oxygen atoms in total. The van der Waals surface area contributed by atoms with Crippen LogP contribution in [0.15, 0.2) is 73.6 Å². The summed E-state index contributed by atoms with van der Waals surface area (Å²) in [5.74, 6) is -7.09. The second-order valence-corrected chi connectivity index (χ2v) is 7.60. The van der Waals surface area contributed by atoms with E-state index in [1.807, 2.05) is 0 Å². The highest BCUT2D eigenvalue weighted by Crippen LogP contribution is 2.46. The first-order valence-corrected chi connectivity index (χ1v) is 10.3. The summed E-state index contributed by atoms with van der Waals surface area (Å²) < 4.78 is 100. The molecule has 12 heteroatoms. The van der Waals surface area contributed by atoms with E-state index in [1.165, 1.54) is 25.2 Å². The molecule has 1 aromatic heterocycles. The van der Waals surface area contributed by atoms with Gasteiger partial charge in [-0.15, -0.1) is 13.2 Å². The number of nitrogens with one attached hydrogen (secondary N) is 1. The van der Waals surface area contributed by atoms with Gasteiger partial charge in [0.2, 0.25) is 0 Å². The van der Waals surface area contributed by atoms with E-state index in [2.05, 4.69) is 21.7 Å². The van der Waals surface area contributed by atoms with Gasteiger partial charge in [-0.25, -0.2) is 14.2 Å². The number of alkyl halides is 5. The molecule has 0 aliphatic rings. The summed E-state index contributed by atoms with van der Waals surface area (Å²) in [6.45, 7) is 2.54. The van der Waals surface area contributed by atoms with Crippen LogP contribution in [0.2, 0.25) is 0 Å². The van der Waals surface area contributed by atoms with Gasteiger partial charge in [-0.2, -0.15) is 8.78 Å². The van der Waals surface area contributed by atoms with E-state index in [0.717, 1.165) is 41.7 Å². The van der Waals surface area contributed by atoms with Crippen molar-refractivity contribution < 1.29 is 40.6 Å². The first kappa shape index (κ1) is 27.0. The van der Waals surface area contributed by atoms with Crippen LogP contribution in [0.5, 0.6) is 5.75 Å². The highest BCUT2D eigenvalue weighted by Gasteiger charge is 2.58. The zero-order chi connectivity index (χ0) is 26.7. The molecule has 0 unspecified atom stereocenters. The van der Waals surface area contributed by atoms with Gasteiger partial charge < -0.3 is 14.9 Å². The minimum Gasteiger partial charge on any atom is -0.406 e. The quantitative estimate of drug-likeness (QED) is 0.292. The van der Waals surface area contributed by atoms with Gasteiger partial charge in [0.05, 0.1) is 6.54 Å². The number of halogens is 7. The molecule has 0 amide bonds. The molecule has 0 saturated carbocycles. The Bertz CT molecular complexity index is 1200. The number of aliphatic hydroxyl groups is 1. The molecule has 0 radical (unpaired) electrons. The van der Waals surface area contributed by atoms with Crippen LogP contribution in [0.25, 0.3) is 11.1 Å². The lowest BCUT2D eigenvalue weighted by Gasteiger charge is -2.39. The molecule has 3 aromatic rings. The highest BCUT2D eigenvalue weighted by atomic mass is 19.4. The topological polar surface area (TPSA) is 57.6 Å². The van der Waals surface area contributed by atoms with Crippen molar-refractivity contribution in [1.82, 2.24) is 15.4 Å². The SMILES string of the molecule is C=CN(C[C@](O)(c1ccc(F)cc1F)C(F)(F)c1ccc(-c2ccc(OC(F)(F)F)cc2)cn1)NC. The van der Waals surface area contributed by atoms with Gasteiger partial charge in [0.25, 0.3) is 0 Å². The van der Waals surface area contributed by atoms with Crippen molar-refractivity contribution in [2.24, 2.45) is 0 Å². The summed E-state index contributed by atoms with van der Waals surface area (Å²) in [6, 6.07) is 8.56. The van der Waals surface area contributed by atoms with Crippen molar-refractivity contribution >= 4 is 0 Å². The smallest absolute Gasteiger partial charge is 0.406 e. The Balaban J connectivity index is 1.99. The molecule has 2 aromatic carbocycles. The second-order valence-electron chi connectivity index (χ2n) is 7.60. The third-order valence-electron chi connectivity index (χ3n) is 5.31. The minimum atomic E-state index is -4.87. The van der Waals surface area contributed by atoms with Gasteiger partial charge in [0, 0.05) is 36.6 Å². The maximum Gasteiger partial charge on any atom is 0.573 e. The first-order chi connectivity index (χ1) is 16.8.